The maximum atomic E-state index is 12.3. The predicted molar refractivity (Wildman–Crippen MR) is 118 cm³/mol. The number of carbonyl (C=O) groups is 1. The molecule has 1 aliphatic rings. The molecule has 3 rings (SSSR count). The molecule has 1 amide bonds. The minimum atomic E-state index is -3.52. The molecule has 0 spiro atoms. The van der Waals surface area contributed by atoms with Crippen molar-refractivity contribution in [1.82, 2.24) is 5.32 Å². The Morgan fingerprint density at radius 1 is 1.13 bits per heavy atom. The molecule has 31 heavy (non-hydrogen) atoms. The van der Waals surface area contributed by atoms with E-state index in [0.29, 0.717) is 43.4 Å². The smallest absolute Gasteiger partial charge is 0.232 e. The van der Waals surface area contributed by atoms with Gasteiger partial charge in [-0.3, -0.25) is 9.10 Å². The summed E-state index contributed by atoms with van der Waals surface area (Å²) in [5, 5.41) is 2.87. The number of rotatable bonds is 10. The van der Waals surface area contributed by atoms with Crippen LogP contribution in [0.25, 0.3) is 0 Å². The van der Waals surface area contributed by atoms with Crippen LogP contribution in [0.4, 0.5) is 5.69 Å². The van der Waals surface area contributed by atoms with Crippen LogP contribution in [0, 0.1) is 0 Å². The van der Waals surface area contributed by atoms with Crippen molar-refractivity contribution in [3.8, 4) is 17.2 Å². The average Bonchev–Trinajstić information content (AvgIpc) is 2.75. The molecule has 2 aromatic carbocycles. The van der Waals surface area contributed by atoms with Gasteiger partial charge in [-0.05, 0) is 37.6 Å². The maximum Gasteiger partial charge on any atom is 0.232 e. The van der Waals surface area contributed by atoms with Crippen LogP contribution in [-0.4, -0.2) is 53.0 Å². The molecule has 1 atom stereocenters. The Morgan fingerprint density at radius 3 is 2.55 bits per heavy atom. The zero-order valence-corrected chi connectivity index (χ0v) is 18.6. The van der Waals surface area contributed by atoms with E-state index in [-0.39, 0.29) is 24.9 Å². The third-order valence-electron chi connectivity index (χ3n) is 4.63. The Labute approximate surface area is 183 Å². The number of ether oxygens (including phenoxy) is 3. The fraction of sp³-hybridized carbons (Fsp3) is 0.409. The summed E-state index contributed by atoms with van der Waals surface area (Å²) >= 11 is 0. The molecule has 2 aromatic rings. The van der Waals surface area contributed by atoms with Crippen LogP contribution in [0.1, 0.15) is 19.8 Å². The molecule has 0 fully saturated rings. The minimum absolute atomic E-state index is 0.153. The van der Waals surface area contributed by atoms with Gasteiger partial charge in [0.25, 0.3) is 0 Å². The van der Waals surface area contributed by atoms with Crippen LogP contribution in [-0.2, 0) is 14.8 Å². The molecule has 1 aliphatic heterocycles. The van der Waals surface area contributed by atoms with Crippen LogP contribution in [0.2, 0.25) is 0 Å². The highest BCUT2D eigenvalue weighted by Crippen LogP contribution is 2.34. The second-order valence-corrected chi connectivity index (χ2v) is 9.27. The lowest BCUT2D eigenvalue weighted by Gasteiger charge is -2.25. The average molecular weight is 449 g/mol. The van der Waals surface area contributed by atoms with Gasteiger partial charge in [-0.15, -0.1) is 0 Å². The lowest BCUT2D eigenvalue weighted by Crippen LogP contribution is -2.37. The number of nitrogens with one attached hydrogen (secondary N) is 1. The zero-order valence-electron chi connectivity index (χ0n) is 17.7. The van der Waals surface area contributed by atoms with Crippen LogP contribution in [0.5, 0.6) is 17.2 Å². The number of sulfonamides is 1. The molecule has 0 aliphatic carbocycles. The Balaban J connectivity index is 1.50. The second-order valence-electron chi connectivity index (χ2n) is 7.36. The van der Waals surface area contributed by atoms with E-state index < -0.39 is 10.0 Å². The number of para-hydroxylation sites is 1. The van der Waals surface area contributed by atoms with E-state index in [1.54, 1.807) is 18.2 Å². The molecule has 0 saturated carbocycles. The van der Waals surface area contributed by atoms with Gasteiger partial charge < -0.3 is 19.5 Å². The van der Waals surface area contributed by atoms with Gasteiger partial charge in [-0.1, -0.05) is 18.2 Å². The highest BCUT2D eigenvalue weighted by molar-refractivity contribution is 7.92. The largest absolute Gasteiger partial charge is 0.491 e. The molecule has 9 heteroatoms. The third-order valence-corrected chi connectivity index (χ3v) is 5.82. The first kappa shape index (κ1) is 22.7. The van der Waals surface area contributed by atoms with Gasteiger partial charge in [0.05, 0.1) is 18.0 Å². The third kappa shape index (κ3) is 6.78. The van der Waals surface area contributed by atoms with Crippen molar-refractivity contribution >= 4 is 21.6 Å². The normalized spacial score (nSPS) is 13.9. The van der Waals surface area contributed by atoms with Gasteiger partial charge in [0.2, 0.25) is 15.9 Å². The number of anilines is 1. The summed E-state index contributed by atoms with van der Waals surface area (Å²) < 4.78 is 42.6. The van der Waals surface area contributed by atoms with Gasteiger partial charge in [0.1, 0.15) is 25.6 Å². The molecular formula is C22H28N2O6S. The number of benzene rings is 2. The fourth-order valence-electron chi connectivity index (χ4n) is 3.18. The molecule has 1 heterocycles. The summed E-state index contributed by atoms with van der Waals surface area (Å²) in [5.74, 6) is 1.70. The van der Waals surface area contributed by atoms with E-state index in [1.807, 2.05) is 37.3 Å². The van der Waals surface area contributed by atoms with Crippen molar-refractivity contribution in [2.75, 3.05) is 36.9 Å². The van der Waals surface area contributed by atoms with Crippen molar-refractivity contribution in [1.29, 1.82) is 0 Å². The Bertz CT molecular complexity index is 981. The maximum absolute atomic E-state index is 12.3. The van der Waals surface area contributed by atoms with E-state index in [2.05, 4.69) is 5.32 Å². The molecule has 168 valence electrons. The van der Waals surface area contributed by atoms with E-state index >= 15 is 0 Å². The summed E-state index contributed by atoms with van der Waals surface area (Å²) in [6, 6.07) is 14.2. The molecule has 0 radical (unpaired) electrons. The van der Waals surface area contributed by atoms with E-state index in [1.165, 1.54) is 4.31 Å². The van der Waals surface area contributed by atoms with Gasteiger partial charge in [-0.2, -0.15) is 0 Å². The Morgan fingerprint density at radius 2 is 1.84 bits per heavy atom. The lowest BCUT2D eigenvalue weighted by atomic mass is 10.2. The first-order valence-corrected chi connectivity index (χ1v) is 12.0. The summed E-state index contributed by atoms with van der Waals surface area (Å²) in [7, 11) is -3.52. The fourth-order valence-corrected chi connectivity index (χ4v) is 4.14. The molecule has 0 bridgehead atoms. The minimum Gasteiger partial charge on any atom is -0.491 e. The molecule has 1 N–H and O–H groups in total. The number of nitrogens with zero attached hydrogens (tertiary/aromatic N) is 1. The van der Waals surface area contributed by atoms with Gasteiger partial charge >= 0.3 is 0 Å². The first-order chi connectivity index (χ1) is 14.8. The van der Waals surface area contributed by atoms with Crippen LogP contribution >= 0.6 is 0 Å². The summed E-state index contributed by atoms with van der Waals surface area (Å²) in [6.45, 7) is 3.27. The standard InChI is InChI=1S/C22H28N2O6S/c1-17(16-30-19-7-4-3-5-8-19)23-22(25)9-6-12-24(31(2,26)27)18-10-11-20-21(15-18)29-14-13-28-20/h3-5,7-8,10-11,15,17H,6,9,12-14,16H2,1-2H3,(H,23,25)/t17-/m0/s1. The number of carbonyl (C=O) groups excluding carboxylic acids is 1. The van der Waals surface area contributed by atoms with Crippen molar-refractivity contribution in [2.45, 2.75) is 25.8 Å². The Kier molecular flexibility index (Phi) is 7.62. The summed E-state index contributed by atoms with van der Waals surface area (Å²) in [5.41, 5.74) is 0.483. The van der Waals surface area contributed by atoms with Gasteiger partial charge in [0, 0.05) is 19.0 Å². The van der Waals surface area contributed by atoms with Crippen LogP contribution in [0.3, 0.4) is 0 Å². The molecular weight excluding hydrogens is 420 g/mol. The molecule has 8 nitrogen and oxygen atoms in total. The second kappa shape index (κ2) is 10.4. The Hall–Kier alpha value is -2.94. The first-order valence-electron chi connectivity index (χ1n) is 10.2. The van der Waals surface area contributed by atoms with Crippen LogP contribution in [0.15, 0.2) is 48.5 Å². The summed E-state index contributed by atoms with van der Waals surface area (Å²) in [6.07, 6.45) is 1.72. The van der Waals surface area contributed by atoms with E-state index in [9.17, 15) is 13.2 Å². The quantitative estimate of drug-likeness (QED) is 0.600. The number of hydrogen-bond donors (Lipinski definition) is 1. The molecule has 0 saturated heterocycles. The molecule has 0 aromatic heterocycles. The predicted octanol–water partition coefficient (Wildman–Crippen LogP) is 2.59. The highest BCUT2D eigenvalue weighted by atomic mass is 32.2. The number of fused-ring (bicyclic) bond motifs is 1. The summed E-state index contributed by atoms with van der Waals surface area (Å²) in [4.78, 5) is 12.3. The molecule has 0 unspecified atom stereocenters. The van der Waals surface area contributed by atoms with E-state index in [4.69, 9.17) is 14.2 Å². The van der Waals surface area contributed by atoms with Crippen molar-refractivity contribution in [3.05, 3.63) is 48.5 Å². The SMILES string of the molecule is C[C@@H](COc1ccccc1)NC(=O)CCCN(c1ccc2c(c1)OCCO2)S(C)(=O)=O. The number of amides is 1. The monoisotopic (exact) mass is 448 g/mol. The van der Waals surface area contributed by atoms with E-state index in [0.717, 1.165) is 12.0 Å². The number of hydrogen-bond acceptors (Lipinski definition) is 6. The van der Waals surface area contributed by atoms with Crippen LogP contribution < -0.4 is 23.8 Å². The van der Waals surface area contributed by atoms with Gasteiger partial charge in [0.15, 0.2) is 11.5 Å². The zero-order chi connectivity index (χ0) is 22.3. The van der Waals surface area contributed by atoms with Crippen molar-refractivity contribution < 1.29 is 27.4 Å². The lowest BCUT2D eigenvalue weighted by molar-refractivity contribution is -0.121. The van der Waals surface area contributed by atoms with Gasteiger partial charge in [-0.25, -0.2) is 8.42 Å². The van der Waals surface area contributed by atoms with Crippen molar-refractivity contribution in [3.63, 3.8) is 0 Å². The highest BCUT2D eigenvalue weighted by Gasteiger charge is 2.21. The van der Waals surface area contributed by atoms with Crippen molar-refractivity contribution in [2.24, 2.45) is 0 Å². The topological polar surface area (TPSA) is 94.2 Å².